The van der Waals surface area contributed by atoms with E-state index in [0.29, 0.717) is 6.54 Å². The number of benzene rings is 1. The topological polar surface area (TPSA) is 70.2 Å². The van der Waals surface area contributed by atoms with Crippen LogP contribution in [0.2, 0.25) is 0 Å². The van der Waals surface area contributed by atoms with E-state index >= 15 is 0 Å². The molecule has 0 spiro atoms. The Balaban J connectivity index is 1.78. The van der Waals surface area contributed by atoms with Gasteiger partial charge in [-0.25, -0.2) is 0 Å². The lowest BCUT2D eigenvalue weighted by Gasteiger charge is -2.23. The lowest BCUT2D eigenvalue weighted by Crippen LogP contribution is -2.37. The van der Waals surface area contributed by atoms with E-state index < -0.39 is 0 Å². The summed E-state index contributed by atoms with van der Waals surface area (Å²) < 4.78 is 0. The molecule has 1 aliphatic heterocycles. The van der Waals surface area contributed by atoms with Crippen molar-refractivity contribution in [3.63, 3.8) is 0 Å². The highest BCUT2D eigenvalue weighted by atomic mass is 32.2. The van der Waals surface area contributed by atoms with Gasteiger partial charge in [0.15, 0.2) is 0 Å². The van der Waals surface area contributed by atoms with Gasteiger partial charge >= 0.3 is 0 Å². The summed E-state index contributed by atoms with van der Waals surface area (Å²) >= 11 is 1.45. The minimum Gasteiger partial charge on any atom is -0.355 e. The van der Waals surface area contributed by atoms with Crippen molar-refractivity contribution in [3.8, 4) is 0 Å². The molecule has 1 unspecified atom stereocenters. The number of thioether (sulfide) groups is 1. The number of para-hydroxylation sites is 1. The van der Waals surface area contributed by atoms with Crippen molar-refractivity contribution in [2.24, 2.45) is 0 Å². The van der Waals surface area contributed by atoms with Gasteiger partial charge in [-0.05, 0) is 25.1 Å². The van der Waals surface area contributed by atoms with Crippen LogP contribution in [0.5, 0.6) is 0 Å². The molecule has 21 heavy (non-hydrogen) atoms. The van der Waals surface area contributed by atoms with Gasteiger partial charge in [-0.1, -0.05) is 19.1 Å². The highest BCUT2D eigenvalue weighted by Gasteiger charge is 2.28. The molecule has 1 aliphatic rings. The molecule has 0 radical (unpaired) electrons. The van der Waals surface area contributed by atoms with E-state index in [1.54, 1.807) is 0 Å². The monoisotopic (exact) mass is 307 g/mol. The number of amides is 2. The summed E-state index contributed by atoms with van der Waals surface area (Å²) in [7, 11) is 0. The van der Waals surface area contributed by atoms with E-state index in [2.05, 4.69) is 22.9 Å². The zero-order valence-corrected chi connectivity index (χ0v) is 13.0. The Labute approximate surface area is 129 Å². The molecule has 0 aliphatic carbocycles. The molecular weight excluding hydrogens is 286 g/mol. The molecule has 2 rings (SSSR count). The molecule has 0 fully saturated rings. The number of carbonyl (C=O) groups is 2. The molecule has 0 bridgehead atoms. The molecule has 2 amide bonds. The van der Waals surface area contributed by atoms with E-state index in [4.69, 9.17) is 0 Å². The van der Waals surface area contributed by atoms with Crippen LogP contribution >= 0.6 is 11.8 Å². The standard InChI is InChI=1S/C15H21N3O2S/c1-2-7-16-8-9-17-14(19)10-13-15(20)18-11-5-3-4-6-12(11)21-13/h3-6,13,16H,2,7-10H2,1H3,(H,17,19)(H,18,20). The summed E-state index contributed by atoms with van der Waals surface area (Å²) in [6.07, 6.45) is 1.28. The summed E-state index contributed by atoms with van der Waals surface area (Å²) in [5, 5.41) is 8.54. The van der Waals surface area contributed by atoms with Crippen LogP contribution in [0, 0.1) is 0 Å². The van der Waals surface area contributed by atoms with Crippen LogP contribution < -0.4 is 16.0 Å². The Hall–Kier alpha value is -1.53. The summed E-state index contributed by atoms with van der Waals surface area (Å²) in [4.78, 5) is 24.9. The second-order valence-electron chi connectivity index (χ2n) is 4.90. The number of carbonyl (C=O) groups excluding carboxylic acids is 2. The summed E-state index contributed by atoms with van der Waals surface area (Å²) in [5.74, 6) is -0.182. The first-order valence-electron chi connectivity index (χ1n) is 7.24. The minimum absolute atomic E-state index is 0.0830. The quantitative estimate of drug-likeness (QED) is 0.669. The fourth-order valence-corrected chi connectivity index (χ4v) is 3.17. The van der Waals surface area contributed by atoms with Crippen molar-refractivity contribution in [1.29, 1.82) is 0 Å². The van der Waals surface area contributed by atoms with Crippen LogP contribution in [0.15, 0.2) is 29.2 Å². The van der Waals surface area contributed by atoms with Gasteiger partial charge in [-0.15, -0.1) is 11.8 Å². The van der Waals surface area contributed by atoms with E-state index in [-0.39, 0.29) is 23.5 Å². The second kappa shape index (κ2) is 8.05. The van der Waals surface area contributed by atoms with Crippen LogP contribution in [-0.4, -0.2) is 36.7 Å². The zero-order chi connectivity index (χ0) is 15.1. The van der Waals surface area contributed by atoms with Gasteiger partial charge in [-0.3, -0.25) is 9.59 Å². The van der Waals surface area contributed by atoms with Crippen molar-refractivity contribution >= 4 is 29.3 Å². The Morgan fingerprint density at radius 2 is 2.10 bits per heavy atom. The van der Waals surface area contributed by atoms with Crippen LogP contribution in [0.1, 0.15) is 19.8 Å². The van der Waals surface area contributed by atoms with Crippen LogP contribution in [0.4, 0.5) is 5.69 Å². The number of hydrogen-bond donors (Lipinski definition) is 3. The highest BCUT2D eigenvalue weighted by molar-refractivity contribution is 8.01. The Bertz CT molecular complexity index is 507. The van der Waals surface area contributed by atoms with Gasteiger partial charge in [0.05, 0.1) is 10.9 Å². The third-order valence-corrected chi connectivity index (χ3v) is 4.40. The number of fused-ring (bicyclic) bond motifs is 1. The van der Waals surface area contributed by atoms with E-state index in [0.717, 1.165) is 30.1 Å². The Morgan fingerprint density at radius 1 is 1.29 bits per heavy atom. The summed E-state index contributed by atoms with van der Waals surface area (Å²) in [6, 6.07) is 7.64. The van der Waals surface area contributed by atoms with E-state index in [1.807, 2.05) is 24.3 Å². The Kier molecular flexibility index (Phi) is 6.07. The van der Waals surface area contributed by atoms with Gasteiger partial charge in [0.1, 0.15) is 0 Å². The van der Waals surface area contributed by atoms with Gasteiger partial charge in [0, 0.05) is 24.4 Å². The predicted octanol–water partition coefficient (Wildman–Crippen LogP) is 1.61. The minimum atomic E-state index is -0.358. The van der Waals surface area contributed by atoms with Gasteiger partial charge in [0.25, 0.3) is 0 Å². The molecule has 6 heteroatoms. The summed E-state index contributed by atoms with van der Waals surface area (Å²) in [6.45, 7) is 4.40. The number of anilines is 1. The normalized spacial score (nSPS) is 17.0. The van der Waals surface area contributed by atoms with Crippen molar-refractivity contribution in [2.75, 3.05) is 25.0 Å². The summed E-state index contributed by atoms with van der Waals surface area (Å²) in [5.41, 5.74) is 0.827. The maximum atomic E-state index is 12.0. The van der Waals surface area contributed by atoms with Crippen LogP contribution in [0.25, 0.3) is 0 Å². The lowest BCUT2D eigenvalue weighted by atomic mass is 10.2. The zero-order valence-electron chi connectivity index (χ0n) is 12.1. The first-order chi connectivity index (χ1) is 10.2. The van der Waals surface area contributed by atoms with Crippen molar-refractivity contribution in [1.82, 2.24) is 10.6 Å². The largest absolute Gasteiger partial charge is 0.355 e. The second-order valence-corrected chi connectivity index (χ2v) is 6.14. The first-order valence-corrected chi connectivity index (χ1v) is 8.12. The maximum Gasteiger partial charge on any atom is 0.238 e. The lowest BCUT2D eigenvalue weighted by molar-refractivity contribution is -0.124. The van der Waals surface area contributed by atoms with Crippen molar-refractivity contribution < 1.29 is 9.59 Å². The van der Waals surface area contributed by atoms with Crippen molar-refractivity contribution in [2.45, 2.75) is 29.9 Å². The first kappa shape index (κ1) is 15.9. The molecule has 5 nitrogen and oxygen atoms in total. The molecule has 0 aromatic heterocycles. The maximum absolute atomic E-state index is 12.0. The van der Waals surface area contributed by atoms with Gasteiger partial charge < -0.3 is 16.0 Å². The van der Waals surface area contributed by atoms with E-state index in [1.165, 1.54) is 11.8 Å². The smallest absolute Gasteiger partial charge is 0.238 e. The van der Waals surface area contributed by atoms with Gasteiger partial charge in [0.2, 0.25) is 11.8 Å². The molecule has 1 aromatic rings. The van der Waals surface area contributed by atoms with Crippen LogP contribution in [-0.2, 0) is 9.59 Å². The third-order valence-electron chi connectivity index (χ3n) is 3.13. The SMILES string of the molecule is CCCNCCNC(=O)CC1Sc2ccccc2NC1=O. The average molecular weight is 307 g/mol. The highest BCUT2D eigenvalue weighted by Crippen LogP contribution is 2.36. The number of rotatable bonds is 7. The van der Waals surface area contributed by atoms with Crippen molar-refractivity contribution in [3.05, 3.63) is 24.3 Å². The molecule has 1 aromatic carbocycles. The average Bonchev–Trinajstić information content (AvgIpc) is 2.48. The third kappa shape index (κ3) is 4.75. The van der Waals surface area contributed by atoms with Gasteiger partial charge in [-0.2, -0.15) is 0 Å². The molecule has 1 atom stereocenters. The number of hydrogen-bond acceptors (Lipinski definition) is 4. The van der Waals surface area contributed by atoms with Crippen LogP contribution in [0.3, 0.4) is 0 Å². The fourth-order valence-electron chi connectivity index (χ4n) is 2.06. The number of nitrogens with one attached hydrogen (secondary N) is 3. The fraction of sp³-hybridized carbons (Fsp3) is 0.467. The molecular formula is C15H21N3O2S. The Morgan fingerprint density at radius 3 is 2.90 bits per heavy atom. The molecule has 0 saturated heterocycles. The molecule has 0 saturated carbocycles. The molecule has 114 valence electrons. The van der Waals surface area contributed by atoms with E-state index in [9.17, 15) is 9.59 Å². The molecule has 3 N–H and O–H groups in total. The predicted molar refractivity (Wildman–Crippen MR) is 85.5 cm³/mol. The molecule has 1 heterocycles.